The summed E-state index contributed by atoms with van der Waals surface area (Å²) >= 11 is 3.39. The van der Waals surface area contributed by atoms with Gasteiger partial charge in [0.05, 0.1) is 6.04 Å². The number of rotatable bonds is 5. The third-order valence-electron chi connectivity index (χ3n) is 3.34. The van der Waals surface area contributed by atoms with Crippen LogP contribution in [0.5, 0.6) is 0 Å². The average Bonchev–Trinajstić information content (AvgIpc) is 2.46. The van der Waals surface area contributed by atoms with E-state index < -0.39 is 0 Å². The van der Waals surface area contributed by atoms with Gasteiger partial charge in [0.1, 0.15) is 5.82 Å². The zero-order chi connectivity index (χ0) is 14.5. The molecule has 1 aromatic heterocycles. The average molecular weight is 338 g/mol. The van der Waals surface area contributed by atoms with E-state index >= 15 is 0 Å². The molecule has 0 radical (unpaired) electrons. The summed E-state index contributed by atoms with van der Waals surface area (Å²) in [5.41, 5.74) is 6.14. The smallest absolute Gasteiger partial charge is 0.124 e. The second kappa shape index (κ2) is 6.92. The van der Waals surface area contributed by atoms with Crippen LogP contribution in [-0.4, -0.2) is 4.98 Å². The van der Waals surface area contributed by atoms with E-state index in [1.807, 2.05) is 12.3 Å². The first-order valence-corrected chi connectivity index (χ1v) is 7.27. The second-order valence-corrected chi connectivity index (χ2v) is 5.44. The maximum absolute atomic E-state index is 13.1. The summed E-state index contributed by atoms with van der Waals surface area (Å²) in [7, 11) is 0. The van der Waals surface area contributed by atoms with Crippen molar-refractivity contribution in [2.75, 3.05) is 0 Å². The minimum Gasteiger partial charge on any atom is -0.271 e. The molecule has 0 spiro atoms. The topological polar surface area (TPSA) is 50.9 Å². The Morgan fingerprint density at radius 2 is 2.15 bits per heavy atom. The van der Waals surface area contributed by atoms with Gasteiger partial charge in [0.15, 0.2) is 0 Å². The Hall–Kier alpha value is -1.30. The first-order chi connectivity index (χ1) is 9.65. The molecular formula is C15H17BrFN3. The van der Waals surface area contributed by atoms with Crippen LogP contribution in [0.4, 0.5) is 4.39 Å². The quantitative estimate of drug-likeness (QED) is 0.650. The summed E-state index contributed by atoms with van der Waals surface area (Å²) in [5, 5.41) is 0. The molecule has 1 aromatic carbocycles. The van der Waals surface area contributed by atoms with E-state index in [4.69, 9.17) is 5.84 Å². The van der Waals surface area contributed by atoms with Crippen molar-refractivity contribution in [3.05, 3.63) is 63.6 Å². The van der Waals surface area contributed by atoms with Crippen molar-refractivity contribution < 1.29 is 4.39 Å². The van der Waals surface area contributed by atoms with Crippen molar-refractivity contribution in [2.24, 2.45) is 5.84 Å². The third-order valence-corrected chi connectivity index (χ3v) is 4.08. The lowest BCUT2D eigenvalue weighted by molar-refractivity contribution is 0.545. The van der Waals surface area contributed by atoms with Gasteiger partial charge in [-0.2, -0.15) is 0 Å². The zero-order valence-electron chi connectivity index (χ0n) is 11.2. The number of hydrogen-bond donors (Lipinski definition) is 2. The minimum absolute atomic E-state index is 0.0327. The molecule has 1 unspecified atom stereocenters. The fraction of sp³-hybridized carbons (Fsp3) is 0.267. The molecule has 0 saturated heterocycles. The lowest BCUT2D eigenvalue weighted by Gasteiger charge is -2.20. The molecule has 2 rings (SSSR count). The fourth-order valence-corrected chi connectivity index (χ4v) is 2.75. The van der Waals surface area contributed by atoms with Gasteiger partial charge in [0.2, 0.25) is 0 Å². The minimum atomic E-state index is -0.254. The van der Waals surface area contributed by atoms with Gasteiger partial charge in [-0.25, -0.2) is 4.39 Å². The van der Waals surface area contributed by atoms with Crippen molar-refractivity contribution in [3.63, 3.8) is 0 Å². The summed E-state index contributed by atoms with van der Waals surface area (Å²) < 4.78 is 13.9. The Bertz CT molecular complexity index is 589. The summed E-state index contributed by atoms with van der Waals surface area (Å²) in [6.07, 6.45) is 5.19. The van der Waals surface area contributed by atoms with Gasteiger partial charge in [-0.15, -0.1) is 0 Å². The lowest BCUT2D eigenvalue weighted by atomic mass is 9.95. The Balaban J connectivity index is 2.29. The maximum atomic E-state index is 13.1. The largest absolute Gasteiger partial charge is 0.271 e. The molecule has 1 heterocycles. The molecular weight excluding hydrogens is 321 g/mol. The number of aryl methyl sites for hydroxylation is 1. The number of nitrogens with two attached hydrogens (primary N) is 1. The van der Waals surface area contributed by atoms with Crippen LogP contribution in [0.15, 0.2) is 41.1 Å². The molecule has 0 bridgehead atoms. The third kappa shape index (κ3) is 3.42. The Labute approximate surface area is 126 Å². The van der Waals surface area contributed by atoms with E-state index in [0.29, 0.717) is 6.42 Å². The number of hydrazine groups is 1. The molecule has 106 valence electrons. The Morgan fingerprint density at radius 1 is 1.35 bits per heavy atom. The maximum Gasteiger partial charge on any atom is 0.124 e. The Morgan fingerprint density at radius 3 is 2.80 bits per heavy atom. The molecule has 1 atom stereocenters. The van der Waals surface area contributed by atoms with E-state index in [1.165, 1.54) is 12.1 Å². The predicted molar refractivity (Wildman–Crippen MR) is 81.5 cm³/mol. The van der Waals surface area contributed by atoms with Gasteiger partial charge in [-0.3, -0.25) is 16.3 Å². The molecule has 0 aliphatic rings. The fourth-order valence-electron chi connectivity index (χ4n) is 2.24. The van der Waals surface area contributed by atoms with Crippen molar-refractivity contribution >= 4 is 15.9 Å². The molecule has 0 saturated carbocycles. The first-order valence-electron chi connectivity index (χ1n) is 6.48. The van der Waals surface area contributed by atoms with Gasteiger partial charge in [0.25, 0.3) is 0 Å². The van der Waals surface area contributed by atoms with Crippen LogP contribution in [0.3, 0.4) is 0 Å². The number of nitrogens with zero attached hydrogens (tertiary/aromatic N) is 1. The highest BCUT2D eigenvalue weighted by atomic mass is 79.9. The highest BCUT2D eigenvalue weighted by molar-refractivity contribution is 9.10. The van der Waals surface area contributed by atoms with Crippen molar-refractivity contribution in [2.45, 2.75) is 25.8 Å². The van der Waals surface area contributed by atoms with Crippen LogP contribution in [0.2, 0.25) is 0 Å². The van der Waals surface area contributed by atoms with Crippen LogP contribution in [0.25, 0.3) is 0 Å². The standard InChI is InChI=1S/C15H17BrFN3/c1-2-10-9-19-6-5-13(10)15(20-18)7-11-3-4-12(17)8-14(11)16/h3-6,8-9,15,20H,2,7,18H2,1H3. The molecule has 0 fully saturated rings. The van der Waals surface area contributed by atoms with E-state index in [1.54, 1.807) is 12.3 Å². The van der Waals surface area contributed by atoms with Gasteiger partial charge < -0.3 is 0 Å². The van der Waals surface area contributed by atoms with E-state index in [9.17, 15) is 4.39 Å². The number of pyridine rings is 1. The normalized spacial score (nSPS) is 12.4. The Kier molecular flexibility index (Phi) is 5.23. The van der Waals surface area contributed by atoms with Gasteiger partial charge in [-0.1, -0.05) is 28.9 Å². The van der Waals surface area contributed by atoms with Crippen LogP contribution in [-0.2, 0) is 12.8 Å². The summed E-state index contributed by atoms with van der Waals surface area (Å²) in [5.74, 6) is 5.44. The van der Waals surface area contributed by atoms with Crippen LogP contribution in [0, 0.1) is 5.82 Å². The highest BCUT2D eigenvalue weighted by Crippen LogP contribution is 2.26. The monoisotopic (exact) mass is 337 g/mol. The molecule has 2 aromatic rings. The number of halogens is 2. The van der Waals surface area contributed by atoms with Crippen molar-refractivity contribution in [3.8, 4) is 0 Å². The van der Waals surface area contributed by atoms with E-state index in [0.717, 1.165) is 27.6 Å². The predicted octanol–water partition coefficient (Wildman–Crippen LogP) is 3.29. The number of hydrogen-bond acceptors (Lipinski definition) is 3. The zero-order valence-corrected chi connectivity index (χ0v) is 12.8. The van der Waals surface area contributed by atoms with Crippen LogP contribution in [0.1, 0.15) is 29.7 Å². The summed E-state index contributed by atoms with van der Waals surface area (Å²) in [6, 6.07) is 6.64. The SMILES string of the molecule is CCc1cnccc1C(Cc1ccc(F)cc1Br)NN. The molecule has 5 heteroatoms. The van der Waals surface area contributed by atoms with Crippen molar-refractivity contribution in [1.82, 2.24) is 10.4 Å². The first kappa shape index (κ1) is 15.1. The molecule has 3 N–H and O–H groups in total. The van der Waals surface area contributed by atoms with E-state index in [2.05, 4.69) is 33.3 Å². The lowest BCUT2D eigenvalue weighted by Crippen LogP contribution is -2.30. The van der Waals surface area contributed by atoms with E-state index in [-0.39, 0.29) is 11.9 Å². The van der Waals surface area contributed by atoms with Gasteiger partial charge >= 0.3 is 0 Å². The van der Waals surface area contributed by atoms with Crippen molar-refractivity contribution in [1.29, 1.82) is 0 Å². The van der Waals surface area contributed by atoms with Gasteiger partial charge in [0, 0.05) is 16.9 Å². The molecule has 0 amide bonds. The molecule has 3 nitrogen and oxygen atoms in total. The summed E-state index contributed by atoms with van der Waals surface area (Å²) in [6.45, 7) is 2.09. The van der Waals surface area contributed by atoms with Gasteiger partial charge in [-0.05, 0) is 47.7 Å². The highest BCUT2D eigenvalue weighted by Gasteiger charge is 2.15. The molecule has 20 heavy (non-hydrogen) atoms. The number of nitrogens with one attached hydrogen (secondary N) is 1. The molecule has 0 aliphatic carbocycles. The summed E-state index contributed by atoms with van der Waals surface area (Å²) in [4.78, 5) is 4.14. The second-order valence-electron chi connectivity index (χ2n) is 4.59. The van der Waals surface area contributed by atoms with Crippen LogP contribution >= 0.6 is 15.9 Å². The number of benzene rings is 1. The van der Waals surface area contributed by atoms with Crippen LogP contribution < -0.4 is 11.3 Å². The number of aromatic nitrogens is 1. The molecule has 0 aliphatic heterocycles.